The van der Waals surface area contributed by atoms with Crippen LogP contribution in [-0.4, -0.2) is 49.3 Å². The molecule has 1 saturated carbocycles. The maximum absolute atomic E-state index is 12.5. The summed E-state index contributed by atoms with van der Waals surface area (Å²) in [5, 5.41) is 14.6. The maximum Gasteiger partial charge on any atom is 0.321 e. The minimum atomic E-state index is -0.330. The summed E-state index contributed by atoms with van der Waals surface area (Å²) in [6.07, 6.45) is 5.19. The molecule has 1 aliphatic carbocycles. The van der Waals surface area contributed by atoms with Gasteiger partial charge in [0.25, 0.3) is 0 Å². The van der Waals surface area contributed by atoms with Crippen molar-refractivity contribution in [3.8, 4) is 5.75 Å². The van der Waals surface area contributed by atoms with Crippen molar-refractivity contribution < 1.29 is 19.4 Å². The Morgan fingerprint density at radius 3 is 2.60 bits per heavy atom. The van der Waals surface area contributed by atoms with Crippen LogP contribution in [0.3, 0.4) is 0 Å². The Morgan fingerprint density at radius 2 is 1.96 bits per heavy atom. The summed E-state index contributed by atoms with van der Waals surface area (Å²) in [4.78, 5) is 25.9. The van der Waals surface area contributed by atoms with Gasteiger partial charge in [0.05, 0.1) is 19.4 Å². The van der Waals surface area contributed by atoms with Crippen molar-refractivity contribution in [2.24, 2.45) is 5.92 Å². The number of urea groups is 1. The molecular formula is C18H27N3O4. The zero-order valence-electron chi connectivity index (χ0n) is 14.9. The average Bonchev–Trinajstić information content (AvgIpc) is 2.63. The van der Waals surface area contributed by atoms with Crippen LogP contribution in [-0.2, 0) is 4.79 Å². The number of methoxy groups -OCH3 is 1. The van der Waals surface area contributed by atoms with Gasteiger partial charge in [-0.2, -0.15) is 0 Å². The molecule has 2 rings (SSSR count). The highest BCUT2D eigenvalue weighted by molar-refractivity contribution is 5.96. The molecule has 0 radical (unpaired) electrons. The number of ether oxygens (including phenoxy) is 1. The molecule has 7 nitrogen and oxygen atoms in total. The summed E-state index contributed by atoms with van der Waals surface area (Å²) < 4.78 is 5.31. The number of benzene rings is 1. The third-order valence-corrected chi connectivity index (χ3v) is 4.47. The molecule has 138 valence electrons. The van der Waals surface area contributed by atoms with Crippen molar-refractivity contribution in [3.05, 3.63) is 18.2 Å². The van der Waals surface area contributed by atoms with Gasteiger partial charge < -0.3 is 25.4 Å². The quantitative estimate of drug-likeness (QED) is 0.736. The van der Waals surface area contributed by atoms with Crippen LogP contribution in [0, 0.1) is 5.92 Å². The summed E-state index contributed by atoms with van der Waals surface area (Å²) in [6.45, 7) is 0.141. The minimum Gasteiger partial charge on any atom is -0.495 e. The molecule has 0 aliphatic heterocycles. The number of amides is 3. The molecule has 3 N–H and O–H groups in total. The first kappa shape index (κ1) is 19.1. The predicted octanol–water partition coefficient (Wildman–Crippen LogP) is 2.67. The lowest BCUT2D eigenvalue weighted by Crippen LogP contribution is -2.33. The number of nitrogens with one attached hydrogen (secondary N) is 2. The molecule has 0 unspecified atom stereocenters. The summed E-state index contributed by atoms with van der Waals surface area (Å²) in [5.41, 5.74) is 1.09. The first-order valence-electron chi connectivity index (χ1n) is 8.67. The zero-order chi connectivity index (χ0) is 18.2. The molecule has 0 saturated heterocycles. The number of hydrogen-bond acceptors (Lipinski definition) is 4. The fourth-order valence-electron chi connectivity index (χ4n) is 2.95. The third-order valence-electron chi connectivity index (χ3n) is 4.47. The van der Waals surface area contributed by atoms with E-state index in [1.165, 1.54) is 11.3 Å². The molecule has 0 heterocycles. The van der Waals surface area contributed by atoms with E-state index in [1.807, 2.05) is 0 Å². The summed E-state index contributed by atoms with van der Waals surface area (Å²) >= 11 is 0. The van der Waals surface area contributed by atoms with Crippen molar-refractivity contribution in [3.63, 3.8) is 0 Å². The van der Waals surface area contributed by atoms with Crippen LogP contribution < -0.4 is 15.4 Å². The highest BCUT2D eigenvalue weighted by Crippen LogP contribution is 2.30. The third kappa shape index (κ3) is 5.35. The van der Waals surface area contributed by atoms with Gasteiger partial charge in [0, 0.05) is 25.2 Å². The Morgan fingerprint density at radius 1 is 1.24 bits per heavy atom. The molecule has 7 heteroatoms. The molecular weight excluding hydrogens is 322 g/mol. The minimum absolute atomic E-state index is 0.00104. The molecule has 25 heavy (non-hydrogen) atoms. The summed E-state index contributed by atoms with van der Waals surface area (Å²) in [7, 11) is 3.14. The number of likely N-dealkylation sites (N-methyl/N-ethyl adjacent to an activating group) is 1. The van der Waals surface area contributed by atoms with Gasteiger partial charge in [0.1, 0.15) is 5.75 Å². The Bertz CT molecular complexity index is 600. The summed E-state index contributed by atoms with van der Waals surface area (Å²) in [6, 6.07) is 4.77. The molecule has 1 aromatic rings. The van der Waals surface area contributed by atoms with Gasteiger partial charge in [0.2, 0.25) is 5.91 Å². The van der Waals surface area contributed by atoms with Crippen molar-refractivity contribution in [2.75, 3.05) is 37.9 Å². The van der Waals surface area contributed by atoms with E-state index in [9.17, 15) is 9.59 Å². The molecule has 0 bridgehead atoms. The van der Waals surface area contributed by atoms with Crippen LogP contribution in [0.4, 0.5) is 16.2 Å². The summed E-state index contributed by atoms with van der Waals surface area (Å²) in [5.74, 6) is 0.581. The van der Waals surface area contributed by atoms with E-state index in [0.717, 1.165) is 25.7 Å². The van der Waals surface area contributed by atoms with Crippen molar-refractivity contribution >= 4 is 23.3 Å². The predicted molar refractivity (Wildman–Crippen MR) is 96.9 cm³/mol. The van der Waals surface area contributed by atoms with Crippen molar-refractivity contribution in [1.29, 1.82) is 0 Å². The van der Waals surface area contributed by atoms with Crippen molar-refractivity contribution in [1.82, 2.24) is 4.90 Å². The van der Waals surface area contributed by atoms with Gasteiger partial charge in [-0.1, -0.05) is 19.3 Å². The molecule has 0 atom stereocenters. The van der Waals surface area contributed by atoms with Crippen LogP contribution >= 0.6 is 0 Å². The normalized spacial score (nSPS) is 14.7. The largest absolute Gasteiger partial charge is 0.495 e. The molecule has 0 aromatic heterocycles. The second-order valence-electron chi connectivity index (χ2n) is 6.31. The monoisotopic (exact) mass is 349 g/mol. The molecule has 1 fully saturated rings. The lowest BCUT2D eigenvalue weighted by Gasteiger charge is -2.22. The molecule has 3 amide bonds. The molecule has 0 spiro atoms. The highest BCUT2D eigenvalue weighted by Gasteiger charge is 2.22. The number of carbonyl (C=O) groups excluding carboxylic acids is 2. The Labute approximate surface area is 148 Å². The zero-order valence-corrected chi connectivity index (χ0v) is 14.9. The van der Waals surface area contributed by atoms with Crippen LogP contribution in [0.1, 0.15) is 32.1 Å². The topological polar surface area (TPSA) is 90.9 Å². The lowest BCUT2D eigenvalue weighted by atomic mass is 9.88. The Hall–Kier alpha value is -2.28. The smallest absolute Gasteiger partial charge is 0.321 e. The SMILES string of the molecule is COc1ccc(NC(=O)N(C)CCO)cc1NC(=O)C1CCCCC1. The van der Waals surface area contributed by atoms with E-state index < -0.39 is 0 Å². The second kappa shape index (κ2) is 9.27. The van der Waals surface area contributed by atoms with E-state index in [2.05, 4.69) is 10.6 Å². The van der Waals surface area contributed by atoms with Crippen LogP contribution in [0.2, 0.25) is 0 Å². The van der Waals surface area contributed by atoms with Crippen LogP contribution in [0.5, 0.6) is 5.75 Å². The Balaban J connectivity index is 2.08. The first-order chi connectivity index (χ1) is 12.0. The second-order valence-corrected chi connectivity index (χ2v) is 6.31. The standard InChI is InChI=1S/C18H27N3O4/c1-21(10-11-22)18(24)19-14-8-9-16(25-2)15(12-14)20-17(23)13-6-4-3-5-7-13/h8-9,12-13,22H,3-7,10-11H2,1-2H3,(H,19,24)(H,20,23). The van der Waals surface area contributed by atoms with E-state index in [1.54, 1.807) is 32.4 Å². The van der Waals surface area contributed by atoms with Crippen LogP contribution in [0.15, 0.2) is 18.2 Å². The number of rotatable bonds is 6. The van der Waals surface area contributed by atoms with Gasteiger partial charge >= 0.3 is 6.03 Å². The first-order valence-corrected chi connectivity index (χ1v) is 8.67. The maximum atomic E-state index is 12.5. The highest BCUT2D eigenvalue weighted by atomic mass is 16.5. The number of nitrogens with zero attached hydrogens (tertiary/aromatic N) is 1. The van der Waals surface area contributed by atoms with E-state index >= 15 is 0 Å². The molecule has 1 aromatic carbocycles. The van der Waals surface area contributed by atoms with Crippen LogP contribution in [0.25, 0.3) is 0 Å². The fourth-order valence-corrected chi connectivity index (χ4v) is 2.95. The number of aliphatic hydroxyl groups excluding tert-OH is 1. The average molecular weight is 349 g/mol. The number of hydrogen-bond donors (Lipinski definition) is 3. The Kier molecular flexibility index (Phi) is 7.06. The molecule has 1 aliphatic rings. The van der Waals surface area contributed by atoms with Crippen molar-refractivity contribution in [2.45, 2.75) is 32.1 Å². The van der Waals surface area contributed by atoms with E-state index in [0.29, 0.717) is 17.1 Å². The number of carbonyl (C=O) groups is 2. The van der Waals surface area contributed by atoms with E-state index in [4.69, 9.17) is 9.84 Å². The number of anilines is 2. The van der Waals surface area contributed by atoms with Gasteiger partial charge in [-0.25, -0.2) is 4.79 Å². The van der Waals surface area contributed by atoms with Gasteiger partial charge in [0.15, 0.2) is 0 Å². The van der Waals surface area contributed by atoms with Gasteiger partial charge in [-0.05, 0) is 31.0 Å². The number of aliphatic hydroxyl groups is 1. The lowest BCUT2D eigenvalue weighted by molar-refractivity contribution is -0.120. The van der Waals surface area contributed by atoms with Gasteiger partial charge in [-0.15, -0.1) is 0 Å². The van der Waals surface area contributed by atoms with Gasteiger partial charge in [-0.3, -0.25) is 4.79 Å². The fraction of sp³-hybridized carbons (Fsp3) is 0.556. The van der Waals surface area contributed by atoms with E-state index in [-0.39, 0.29) is 31.0 Å².